The van der Waals surface area contributed by atoms with E-state index in [4.69, 9.17) is 5.11 Å². The van der Waals surface area contributed by atoms with E-state index in [9.17, 15) is 13.2 Å². The van der Waals surface area contributed by atoms with Crippen molar-refractivity contribution in [1.29, 1.82) is 0 Å². The normalized spacial score (nSPS) is 12.9. The van der Waals surface area contributed by atoms with E-state index in [1.165, 1.54) is 6.92 Å². The Morgan fingerprint density at radius 2 is 1.71 bits per heavy atom. The molecule has 0 saturated carbocycles. The Hall–Kier alpha value is -1.03. The van der Waals surface area contributed by atoms with Crippen LogP contribution in [0.15, 0.2) is 12.1 Å². The number of halogens is 3. The number of hydrogen-bond donors (Lipinski definition) is 1. The summed E-state index contributed by atoms with van der Waals surface area (Å²) in [5, 5.41) is 8.93. The van der Waals surface area contributed by atoms with Gasteiger partial charge in [-0.05, 0) is 19.8 Å². The molecule has 1 atom stereocenters. The van der Waals surface area contributed by atoms with Crippen LogP contribution in [0, 0.1) is 17.5 Å². The molecular weight excluding hydrogens is 193 g/mol. The molecule has 0 unspecified atom stereocenters. The Kier molecular flexibility index (Phi) is 3.52. The van der Waals surface area contributed by atoms with Gasteiger partial charge >= 0.3 is 0 Å². The molecule has 78 valence electrons. The van der Waals surface area contributed by atoms with Crippen molar-refractivity contribution in [2.45, 2.75) is 25.9 Å². The minimum absolute atomic E-state index is 0.0651. The predicted molar refractivity (Wildman–Crippen MR) is 46.3 cm³/mol. The third-order valence-corrected chi connectivity index (χ3v) is 1.92. The van der Waals surface area contributed by atoms with Gasteiger partial charge in [-0.1, -0.05) is 0 Å². The average molecular weight is 204 g/mol. The van der Waals surface area contributed by atoms with Crippen molar-refractivity contribution < 1.29 is 18.3 Å². The first-order chi connectivity index (χ1) is 6.50. The van der Waals surface area contributed by atoms with E-state index in [0.29, 0.717) is 12.1 Å². The maximum atomic E-state index is 13.0. The van der Waals surface area contributed by atoms with Gasteiger partial charge in [0.2, 0.25) is 0 Å². The van der Waals surface area contributed by atoms with Crippen LogP contribution in [0.4, 0.5) is 13.2 Å². The molecule has 4 heteroatoms. The second-order valence-corrected chi connectivity index (χ2v) is 3.24. The predicted octanol–water partition coefficient (Wildman–Crippen LogP) is 2.42. The lowest BCUT2D eigenvalue weighted by molar-refractivity contribution is 0.184. The van der Waals surface area contributed by atoms with Crippen LogP contribution in [0.5, 0.6) is 0 Å². The van der Waals surface area contributed by atoms with Crippen LogP contribution in [0.1, 0.15) is 18.9 Å². The summed E-state index contributed by atoms with van der Waals surface area (Å²) in [6.07, 6.45) is -0.311. The highest BCUT2D eigenvalue weighted by molar-refractivity contribution is 5.20. The summed E-state index contributed by atoms with van der Waals surface area (Å²) in [6, 6.07) is 1.28. The average Bonchev–Trinajstić information content (AvgIpc) is 2.01. The van der Waals surface area contributed by atoms with Crippen LogP contribution in [0.2, 0.25) is 0 Å². The van der Waals surface area contributed by atoms with Crippen molar-refractivity contribution in [1.82, 2.24) is 0 Å². The number of aliphatic hydroxyl groups is 1. The van der Waals surface area contributed by atoms with Gasteiger partial charge in [-0.3, -0.25) is 0 Å². The maximum absolute atomic E-state index is 13.0. The van der Waals surface area contributed by atoms with Crippen LogP contribution in [-0.2, 0) is 6.42 Å². The Labute approximate surface area is 80.2 Å². The number of aliphatic hydroxyl groups excluding tert-OH is 1. The third-order valence-electron chi connectivity index (χ3n) is 1.92. The highest BCUT2D eigenvalue weighted by Gasteiger charge is 2.11. The number of hydrogen-bond acceptors (Lipinski definition) is 1. The van der Waals surface area contributed by atoms with Crippen molar-refractivity contribution in [2.24, 2.45) is 0 Å². The van der Waals surface area contributed by atoms with Crippen LogP contribution in [0.3, 0.4) is 0 Å². The first kappa shape index (κ1) is 11.0. The van der Waals surface area contributed by atoms with Crippen molar-refractivity contribution >= 4 is 0 Å². The minimum atomic E-state index is -0.930. The van der Waals surface area contributed by atoms with Gasteiger partial charge in [0.25, 0.3) is 0 Å². The summed E-state index contributed by atoms with van der Waals surface area (Å²) in [6.45, 7) is 1.53. The molecule has 0 spiro atoms. The highest BCUT2D eigenvalue weighted by atomic mass is 19.1. The molecule has 1 nitrogen and oxygen atoms in total. The second-order valence-electron chi connectivity index (χ2n) is 3.24. The molecule has 1 aromatic rings. The summed E-state index contributed by atoms with van der Waals surface area (Å²) in [5.74, 6) is -2.73. The molecule has 0 heterocycles. The first-order valence-corrected chi connectivity index (χ1v) is 4.32. The molecular formula is C10H11F3O. The second kappa shape index (κ2) is 4.46. The molecule has 0 aromatic heterocycles. The van der Waals surface area contributed by atoms with Crippen molar-refractivity contribution in [3.63, 3.8) is 0 Å². The van der Waals surface area contributed by atoms with Gasteiger partial charge in [0.05, 0.1) is 6.10 Å². The lowest BCUT2D eigenvalue weighted by atomic mass is 10.1. The summed E-state index contributed by atoms with van der Waals surface area (Å²) in [7, 11) is 0. The topological polar surface area (TPSA) is 20.2 Å². The zero-order valence-electron chi connectivity index (χ0n) is 7.73. The molecule has 1 rings (SSSR count). The fourth-order valence-corrected chi connectivity index (χ4v) is 1.16. The molecule has 0 radical (unpaired) electrons. The van der Waals surface area contributed by atoms with Crippen LogP contribution in [-0.4, -0.2) is 11.2 Å². The standard InChI is InChI=1S/C10H11F3O/c1-6(14)2-3-8-9(12)4-7(11)5-10(8)13/h4-6,14H,2-3H2,1H3/t6-/m1/s1. The van der Waals surface area contributed by atoms with E-state index >= 15 is 0 Å². The fraction of sp³-hybridized carbons (Fsp3) is 0.400. The summed E-state index contributed by atoms with van der Waals surface area (Å²) in [4.78, 5) is 0. The maximum Gasteiger partial charge on any atom is 0.132 e. The van der Waals surface area contributed by atoms with Crippen molar-refractivity contribution in [3.05, 3.63) is 35.1 Å². The molecule has 0 saturated heterocycles. The van der Waals surface area contributed by atoms with Gasteiger partial charge < -0.3 is 5.11 Å². The molecule has 1 aromatic carbocycles. The van der Waals surface area contributed by atoms with E-state index in [2.05, 4.69) is 0 Å². The van der Waals surface area contributed by atoms with E-state index in [1.807, 2.05) is 0 Å². The van der Waals surface area contributed by atoms with E-state index in [0.717, 1.165) is 0 Å². The highest BCUT2D eigenvalue weighted by Crippen LogP contribution is 2.16. The van der Waals surface area contributed by atoms with Gasteiger partial charge in [0, 0.05) is 17.7 Å². The van der Waals surface area contributed by atoms with Crippen LogP contribution < -0.4 is 0 Å². The molecule has 14 heavy (non-hydrogen) atoms. The Bertz CT molecular complexity index is 300. The third kappa shape index (κ3) is 2.73. The lowest BCUT2D eigenvalue weighted by Crippen LogP contribution is -2.05. The minimum Gasteiger partial charge on any atom is -0.393 e. The summed E-state index contributed by atoms with van der Waals surface area (Å²) < 4.78 is 38.5. The monoisotopic (exact) mass is 204 g/mol. The summed E-state index contributed by atoms with van der Waals surface area (Å²) in [5.41, 5.74) is -0.174. The lowest BCUT2D eigenvalue weighted by Gasteiger charge is -2.06. The smallest absolute Gasteiger partial charge is 0.132 e. The zero-order valence-corrected chi connectivity index (χ0v) is 7.73. The van der Waals surface area contributed by atoms with Crippen LogP contribution >= 0.6 is 0 Å². The van der Waals surface area contributed by atoms with Gasteiger partial charge in [-0.25, -0.2) is 13.2 Å². The molecule has 0 aliphatic rings. The van der Waals surface area contributed by atoms with Crippen LogP contribution in [0.25, 0.3) is 0 Å². The molecule has 0 amide bonds. The van der Waals surface area contributed by atoms with E-state index in [-0.39, 0.29) is 18.4 Å². The molecule has 1 N–H and O–H groups in total. The molecule has 0 aliphatic heterocycles. The van der Waals surface area contributed by atoms with Gasteiger partial charge in [-0.15, -0.1) is 0 Å². The molecule has 0 bridgehead atoms. The van der Waals surface area contributed by atoms with Crippen molar-refractivity contribution in [3.8, 4) is 0 Å². The zero-order chi connectivity index (χ0) is 10.7. The van der Waals surface area contributed by atoms with Gasteiger partial charge in [-0.2, -0.15) is 0 Å². The van der Waals surface area contributed by atoms with E-state index in [1.54, 1.807) is 0 Å². The number of rotatable bonds is 3. The SMILES string of the molecule is C[C@@H](O)CCc1c(F)cc(F)cc1F. The van der Waals surface area contributed by atoms with Crippen molar-refractivity contribution in [2.75, 3.05) is 0 Å². The largest absolute Gasteiger partial charge is 0.393 e. The quantitative estimate of drug-likeness (QED) is 0.801. The Morgan fingerprint density at radius 1 is 1.21 bits per heavy atom. The molecule has 0 fully saturated rings. The number of benzene rings is 1. The van der Waals surface area contributed by atoms with Gasteiger partial charge in [0.1, 0.15) is 17.5 Å². The first-order valence-electron chi connectivity index (χ1n) is 4.32. The summed E-state index contributed by atoms with van der Waals surface area (Å²) >= 11 is 0. The van der Waals surface area contributed by atoms with E-state index < -0.39 is 23.6 Å². The Balaban J connectivity index is 2.86. The molecule has 0 aliphatic carbocycles. The Morgan fingerprint density at radius 3 is 2.14 bits per heavy atom. The fourth-order valence-electron chi connectivity index (χ4n) is 1.16. The van der Waals surface area contributed by atoms with Gasteiger partial charge in [0.15, 0.2) is 0 Å².